The Bertz CT molecular complexity index is 372. The maximum atomic E-state index is 11.5. The smallest absolute Gasteiger partial charge is 0.253 e. The van der Waals surface area contributed by atoms with Crippen molar-refractivity contribution in [1.29, 1.82) is 0 Å². The second-order valence-corrected chi connectivity index (χ2v) is 4.12. The van der Waals surface area contributed by atoms with Crippen LogP contribution in [0.4, 0.5) is 0 Å². The number of aryl methyl sites for hydroxylation is 1. The molecule has 1 heterocycles. The average Bonchev–Trinajstić information content (AvgIpc) is 2.20. The monoisotopic (exact) mass is 224 g/mol. The first-order valence-corrected chi connectivity index (χ1v) is 5.48. The molecule has 0 amide bonds. The molecule has 0 bridgehead atoms. The van der Waals surface area contributed by atoms with Crippen LogP contribution in [0.2, 0.25) is 0 Å². The molecule has 0 spiro atoms. The van der Waals surface area contributed by atoms with Gasteiger partial charge in [0, 0.05) is 37.9 Å². The van der Waals surface area contributed by atoms with E-state index >= 15 is 0 Å². The van der Waals surface area contributed by atoms with E-state index < -0.39 is 0 Å². The normalized spacial score (nSPS) is 11.0. The first-order valence-electron chi connectivity index (χ1n) is 5.48. The van der Waals surface area contributed by atoms with Crippen molar-refractivity contribution in [3.05, 3.63) is 28.4 Å². The average molecular weight is 224 g/mol. The summed E-state index contributed by atoms with van der Waals surface area (Å²) in [6.07, 6.45) is 1.60. The molecule has 90 valence electrons. The molecule has 1 aromatic heterocycles. The zero-order valence-corrected chi connectivity index (χ0v) is 10.2. The van der Waals surface area contributed by atoms with Gasteiger partial charge in [0.1, 0.15) is 0 Å². The van der Waals surface area contributed by atoms with Crippen LogP contribution < -0.4 is 10.9 Å². The van der Waals surface area contributed by atoms with Crippen LogP contribution in [0.5, 0.6) is 0 Å². The van der Waals surface area contributed by atoms with Crippen molar-refractivity contribution in [2.24, 2.45) is 0 Å². The van der Waals surface area contributed by atoms with Crippen molar-refractivity contribution in [2.75, 3.05) is 33.7 Å². The Morgan fingerprint density at radius 3 is 2.81 bits per heavy atom. The second-order valence-electron chi connectivity index (χ2n) is 4.12. The van der Waals surface area contributed by atoms with E-state index in [2.05, 4.69) is 15.2 Å². The van der Waals surface area contributed by atoms with Crippen LogP contribution in [0.15, 0.2) is 17.2 Å². The van der Waals surface area contributed by atoms with Crippen molar-refractivity contribution in [2.45, 2.75) is 13.5 Å². The van der Waals surface area contributed by atoms with Gasteiger partial charge in [-0.05, 0) is 21.0 Å². The summed E-state index contributed by atoms with van der Waals surface area (Å²) in [4.78, 5) is 17.7. The summed E-state index contributed by atoms with van der Waals surface area (Å²) >= 11 is 0. The Kier molecular flexibility index (Phi) is 5.14. The maximum absolute atomic E-state index is 11.5. The molecule has 5 heteroatoms. The van der Waals surface area contributed by atoms with E-state index in [-0.39, 0.29) is 5.56 Å². The third-order valence-electron chi connectivity index (χ3n) is 2.28. The van der Waals surface area contributed by atoms with Gasteiger partial charge in [0.25, 0.3) is 5.56 Å². The van der Waals surface area contributed by atoms with Gasteiger partial charge in [-0.15, -0.1) is 0 Å². The molecule has 0 fully saturated rings. The molecule has 1 N–H and O–H groups in total. The summed E-state index contributed by atoms with van der Waals surface area (Å²) in [5.41, 5.74) is 0.781. The Balaban J connectivity index is 2.30. The lowest BCUT2D eigenvalue weighted by Crippen LogP contribution is -2.31. The van der Waals surface area contributed by atoms with Gasteiger partial charge in [-0.1, -0.05) is 0 Å². The topological polar surface area (TPSA) is 50.2 Å². The van der Waals surface area contributed by atoms with Gasteiger partial charge in [0.15, 0.2) is 0 Å². The summed E-state index contributed by atoms with van der Waals surface area (Å²) in [6.45, 7) is 5.21. The number of hydrogen-bond acceptors (Lipinski definition) is 4. The lowest BCUT2D eigenvalue weighted by atomic mass is 10.4. The van der Waals surface area contributed by atoms with Gasteiger partial charge in [-0.2, -0.15) is 0 Å². The highest BCUT2D eigenvalue weighted by atomic mass is 16.1. The fourth-order valence-electron chi connectivity index (χ4n) is 1.31. The van der Waals surface area contributed by atoms with E-state index in [0.717, 1.165) is 25.3 Å². The molecular weight excluding hydrogens is 204 g/mol. The van der Waals surface area contributed by atoms with Gasteiger partial charge >= 0.3 is 0 Å². The number of nitrogens with zero attached hydrogens (tertiary/aromatic N) is 3. The van der Waals surface area contributed by atoms with Crippen LogP contribution in [-0.4, -0.2) is 48.2 Å². The van der Waals surface area contributed by atoms with Gasteiger partial charge in [-0.3, -0.25) is 9.36 Å². The molecule has 0 aromatic carbocycles. The third kappa shape index (κ3) is 4.55. The molecule has 16 heavy (non-hydrogen) atoms. The molecule has 1 rings (SSSR count). The maximum Gasteiger partial charge on any atom is 0.253 e. The highest BCUT2D eigenvalue weighted by Crippen LogP contribution is 1.84. The van der Waals surface area contributed by atoms with Crippen molar-refractivity contribution >= 4 is 0 Å². The fraction of sp³-hybridized carbons (Fsp3) is 0.636. The quantitative estimate of drug-likeness (QED) is 0.674. The summed E-state index contributed by atoms with van der Waals surface area (Å²) in [5, 5.41) is 3.28. The van der Waals surface area contributed by atoms with Crippen molar-refractivity contribution in [3.8, 4) is 0 Å². The number of likely N-dealkylation sites (N-methyl/N-ethyl adjacent to an activating group) is 1. The summed E-state index contributed by atoms with van der Waals surface area (Å²) in [6, 6.07) is 1.56. The molecule has 0 aliphatic heterocycles. The Hall–Kier alpha value is -1.20. The van der Waals surface area contributed by atoms with Crippen LogP contribution >= 0.6 is 0 Å². The van der Waals surface area contributed by atoms with Crippen LogP contribution in [0.3, 0.4) is 0 Å². The van der Waals surface area contributed by atoms with Crippen molar-refractivity contribution < 1.29 is 0 Å². The summed E-state index contributed by atoms with van der Waals surface area (Å²) < 4.78 is 1.62. The molecule has 0 saturated carbocycles. The molecule has 5 nitrogen and oxygen atoms in total. The minimum absolute atomic E-state index is 0.0157. The lowest BCUT2D eigenvalue weighted by molar-refractivity contribution is 0.397. The zero-order valence-electron chi connectivity index (χ0n) is 10.2. The van der Waals surface area contributed by atoms with Crippen molar-refractivity contribution in [1.82, 2.24) is 19.8 Å². The number of hydrogen-bond donors (Lipinski definition) is 1. The third-order valence-corrected chi connectivity index (χ3v) is 2.28. The number of nitrogens with one attached hydrogen (secondary N) is 1. The summed E-state index contributed by atoms with van der Waals surface area (Å²) in [7, 11) is 4.08. The largest absolute Gasteiger partial charge is 0.314 e. The van der Waals surface area contributed by atoms with Crippen molar-refractivity contribution in [3.63, 3.8) is 0 Å². The van der Waals surface area contributed by atoms with E-state index in [1.165, 1.54) is 0 Å². The highest BCUT2D eigenvalue weighted by molar-refractivity contribution is 4.95. The predicted octanol–water partition coefficient (Wildman–Crippen LogP) is -0.297. The standard InChI is InChI=1S/C11H20N4O/c1-10-8-11(16)15(9-13-10)7-5-12-4-6-14(2)3/h8-9,12H,4-7H2,1-3H3. The first kappa shape index (κ1) is 12.9. The molecule has 1 aromatic rings. The van der Waals surface area contributed by atoms with E-state index in [1.807, 2.05) is 21.0 Å². The van der Waals surface area contributed by atoms with Crippen LogP contribution in [0.25, 0.3) is 0 Å². The molecule has 0 aliphatic carbocycles. The fourth-order valence-corrected chi connectivity index (χ4v) is 1.31. The second kappa shape index (κ2) is 6.40. The molecule has 0 aliphatic rings. The van der Waals surface area contributed by atoms with E-state index in [4.69, 9.17) is 0 Å². The van der Waals surface area contributed by atoms with E-state index in [1.54, 1.807) is 17.0 Å². The first-order chi connectivity index (χ1) is 7.59. The van der Waals surface area contributed by atoms with E-state index in [0.29, 0.717) is 6.54 Å². The van der Waals surface area contributed by atoms with Crippen LogP contribution in [-0.2, 0) is 6.54 Å². The molecular formula is C11H20N4O. The predicted molar refractivity (Wildman–Crippen MR) is 64.7 cm³/mol. The zero-order chi connectivity index (χ0) is 12.0. The van der Waals surface area contributed by atoms with Gasteiger partial charge < -0.3 is 10.2 Å². The lowest BCUT2D eigenvalue weighted by Gasteiger charge is -2.10. The van der Waals surface area contributed by atoms with Gasteiger partial charge in [0.2, 0.25) is 0 Å². The number of rotatable bonds is 6. The summed E-state index contributed by atoms with van der Waals surface area (Å²) in [5.74, 6) is 0. The van der Waals surface area contributed by atoms with Crippen LogP contribution in [0.1, 0.15) is 5.69 Å². The highest BCUT2D eigenvalue weighted by Gasteiger charge is 1.96. The molecule has 0 atom stereocenters. The Morgan fingerprint density at radius 2 is 2.19 bits per heavy atom. The minimum atomic E-state index is 0.0157. The van der Waals surface area contributed by atoms with E-state index in [9.17, 15) is 4.79 Å². The van der Waals surface area contributed by atoms with Gasteiger partial charge in [-0.25, -0.2) is 4.98 Å². The SMILES string of the molecule is Cc1cc(=O)n(CCNCCN(C)C)cn1. The Morgan fingerprint density at radius 1 is 1.44 bits per heavy atom. The van der Waals surface area contributed by atoms with Crippen LogP contribution in [0, 0.1) is 6.92 Å². The Labute approximate surface area is 96.1 Å². The molecule has 0 saturated heterocycles. The molecule has 0 unspecified atom stereocenters. The molecule has 0 radical (unpaired) electrons. The van der Waals surface area contributed by atoms with Gasteiger partial charge in [0.05, 0.1) is 6.33 Å². The minimum Gasteiger partial charge on any atom is -0.314 e. The number of aromatic nitrogens is 2.